The molecule has 3 rings (SSSR count). The van der Waals surface area contributed by atoms with Gasteiger partial charge in [0.1, 0.15) is 5.75 Å². The maximum absolute atomic E-state index is 10.8. The number of nitrogens with zero attached hydrogens (tertiary/aromatic N) is 2. The minimum Gasteiger partial charge on any atom is -0.497 e. The van der Waals surface area contributed by atoms with E-state index >= 15 is 0 Å². The lowest BCUT2D eigenvalue weighted by atomic mass is 10.1. The predicted octanol–water partition coefficient (Wildman–Crippen LogP) is 2.56. The summed E-state index contributed by atoms with van der Waals surface area (Å²) in [6.07, 6.45) is 0. The highest BCUT2D eigenvalue weighted by molar-refractivity contribution is 7.10. The van der Waals surface area contributed by atoms with E-state index in [4.69, 9.17) is 14.5 Å². The quantitative estimate of drug-likeness (QED) is 0.406. The molecule has 0 bridgehead atoms. The van der Waals surface area contributed by atoms with E-state index in [9.17, 15) is 5.11 Å². The van der Waals surface area contributed by atoms with E-state index in [0.717, 1.165) is 44.2 Å². The zero-order valence-electron chi connectivity index (χ0n) is 18.7. The fourth-order valence-corrected chi connectivity index (χ4v) is 4.28. The van der Waals surface area contributed by atoms with E-state index in [0.29, 0.717) is 25.6 Å². The van der Waals surface area contributed by atoms with Crippen LogP contribution < -0.4 is 15.4 Å². The van der Waals surface area contributed by atoms with Crippen LogP contribution in [0.2, 0.25) is 0 Å². The Labute approximate surface area is 189 Å². The highest BCUT2D eigenvalue weighted by atomic mass is 32.1. The van der Waals surface area contributed by atoms with E-state index in [1.807, 2.05) is 26.0 Å². The van der Waals surface area contributed by atoms with Gasteiger partial charge >= 0.3 is 0 Å². The van der Waals surface area contributed by atoms with E-state index in [-0.39, 0.29) is 0 Å². The van der Waals surface area contributed by atoms with Gasteiger partial charge in [-0.3, -0.25) is 4.90 Å². The number of benzene rings is 1. The minimum absolute atomic E-state index is 0.428. The van der Waals surface area contributed by atoms with Crippen molar-refractivity contribution in [2.24, 2.45) is 4.99 Å². The maximum atomic E-state index is 10.8. The van der Waals surface area contributed by atoms with E-state index in [2.05, 4.69) is 39.1 Å². The molecule has 1 unspecified atom stereocenters. The van der Waals surface area contributed by atoms with Crippen LogP contribution in [0.25, 0.3) is 11.1 Å². The average Bonchev–Trinajstić information content (AvgIpc) is 3.25. The van der Waals surface area contributed by atoms with Crippen molar-refractivity contribution in [3.8, 4) is 16.9 Å². The first-order chi connectivity index (χ1) is 15.0. The topological polar surface area (TPSA) is 78.4 Å². The summed E-state index contributed by atoms with van der Waals surface area (Å²) in [5.41, 5.74) is 1.50. The van der Waals surface area contributed by atoms with Crippen molar-refractivity contribution in [3.05, 3.63) is 40.6 Å². The first-order valence-corrected chi connectivity index (χ1v) is 11.6. The number of hydrogen-bond donors (Lipinski definition) is 3. The number of aliphatic imine (C=N–C) groups is 1. The molecule has 1 fully saturated rings. The molecule has 2 heterocycles. The monoisotopic (exact) mass is 446 g/mol. The molecule has 0 amide bonds. The molecule has 0 aliphatic carbocycles. The number of hydrogen-bond acceptors (Lipinski definition) is 6. The van der Waals surface area contributed by atoms with Crippen LogP contribution in [0.4, 0.5) is 0 Å². The Hall–Kier alpha value is -2.13. The van der Waals surface area contributed by atoms with Crippen molar-refractivity contribution in [2.45, 2.75) is 26.0 Å². The Morgan fingerprint density at radius 2 is 1.97 bits per heavy atom. The van der Waals surface area contributed by atoms with Crippen LogP contribution in [-0.4, -0.2) is 74.6 Å². The average molecular weight is 447 g/mol. The molecule has 0 radical (unpaired) electrons. The Morgan fingerprint density at radius 1 is 1.23 bits per heavy atom. The van der Waals surface area contributed by atoms with Crippen LogP contribution in [0, 0.1) is 0 Å². The second-order valence-corrected chi connectivity index (χ2v) is 8.96. The molecule has 8 heteroatoms. The Morgan fingerprint density at radius 3 is 2.65 bits per heavy atom. The summed E-state index contributed by atoms with van der Waals surface area (Å²) in [7, 11) is 1.67. The van der Waals surface area contributed by atoms with Gasteiger partial charge in [0.2, 0.25) is 0 Å². The van der Waals surface area contributed by atoms with Gasteiger partial charge in [-0.25, -0.2) is 4.99 Å². The van der Waals surface area contributed by atoms with Crippen LogP contribution in [0.3, 0.4) is 0 Å². The first kappa shape index (κ1) is 23.5. The van der Waals surface area contributed by atoms with Gasteiger partial charge in [-0.1, -0.05) is 12.1 Å². The standard InChI is InChI=1S/C23H34N4O3S/c1-4-24-22(26-16-23(2,28)17-27-9-11-30-12-10-27)25-14-21-13-19(15-31-21)18-5-7-20(29-3)8-6-18/h5-8,13,15,28H,4,9-12,14,16-17H2,1-3H3,(H2,24,25,26). The highest BCUT2D eigenvalue weighted by Crippen LogP contribution is 2.27. The molecule has 1 saturated heterocycles. The molecule has 1 atom stereocenters. The summed E-state index contributed by atoms with van der Waals surface area (Å²) in [6, 6.07) is 10.3. The number of nitrogens with one attached hydrogen (secondary N) is 2. The van der Waals surface area contributed by atoms with Gasteiger partial charge in [0.25, 0.3) is 0 Å². The van der Waals surface area contributed by atoms with E-state index in [1.165, 1.54) is 10.4 Å². The van der Waals surface area contributed by atoms with Crippen LogP contribution in [0.15, 0.2) is 40.7 Å². The summed E-state index contributed by atoms with van der Waals surface area (Å²) in [6.45, 7) is 9.46. The van der Waals surface area contributed by atoms with Crippen molar-refractivity contribution in [1.29, 1.82) is 0 Å². The largest absolute Gasteiger partial charge is 0.497 e. The van der Waals surface area contributed by atoms with Gasteiger partial charge in [0, 0.05) is 37.6 Å². The zero-order valence-corrected chi connectivity index (χ0v) is 19.5. The summed E-state index contributed by atoms with van der Waals surface area (Å²) >= 11 is 1.70. The number of rotatable bonds is 9. The van der Waals surface area contributed by atoms with Crippen LogP contribution in [0.1, 0.15) is 18.7 Å². The maximum Gasteiger partial charge on any atom is 0.191 e. The van der Waals surface area contributed by atoms with E-state index < -0.39 is 5.60 Å². The molecule has 1 aromatic heterocycles. The summed E-state index contributed by atoms with van der Waals surface area (Å²) in [4.78, 5) is 8.13. The van der Waals surface area contributed by atoms with Gasteiger partial charge in [-0.2, -0.15) is 0 Å². The number of β-amino-alcohol motifs (C(OH)–C–C–N with tert-alkyl or cyclic N) is 1. The Balaban J connectivity index is 1.55. The van der Waals surface area contributed by atoms with Crippen LogP contribution in [0.5, 0.6) is 5.75 Å². The fourth-order valence-electron chi connectivity index (χ4n) is 3.47. The van der Waals surface area contributed by atoms with Gasteiger partial charge < -0.3 is 25.2 Å². The molecule has 7 nitrogen and oxygen atoms in total. The fraction of sp³-hybridized carbons (Fsp3) is 0.522. The molecule has 2 aromatic rings. The molecule has 1 aliphatic rings. The molecule has 3 N–H and O–H groups in total. The summed E-state index contributed by atoms with van der Waals surface area (Å²) < 4.78 is 10.6. The molecule has 170 valence electrons. The third-order valence-electron chi connectivity index (χ3n) is 5.12. The Bertz CT molecular complexity index is 830. The van der Waals surface area contributed by atoms with Gasteiger partial charge in [-0.15, -0.1) is 11.3 Å². The predicted molar refractivity (Wildman–Crippen MR) is 127 cm³/mol. The summed E-state index contributed by atoms with van der Waals surface area (Å²) in [5.74, 6) is 1.57. The molecule has 1 aromatic carbocycles. The molecule has 1 aliphatic heterocycles. The summed E-state index contributed by atoms with van der Waals surface area (Å²) in [5, 5.41) is 19.5. The van der Waals surface area contributed by atoms with Crippen LogP contribution >= 0.6 is 11.3 Å². The van der Waals surface area contributed by atoms with Crippen molar-refractivity contribution in [1.82, 2.24) is 15.5 Å². The molecule has 0 spiro atoms. The first-order valence-electron chi connectivity index (χ1n) is 10.8. The number of methoxy groups -OCH3 is 1. The third kappa shape index (κ3) is 7.50. The molecule has 31 heavy (non-hydrogen) atoms. The number of aliphatic hydroxyl groups is 1. The zero-order chi connectivity index (χ0) is 22.1. The van der Waals surface area contributed by atoms with Gasteiger partial charge in [0.15, 0.2) is 5.96 Å². The molecular weight excluding hydrogens is 412 g/mol. The van der Waals surface area contributed by atoms with Crippen molar-refractivity contribution in [2.75, 3.05) is 53.0 Å². The number of morpholine rings is 1. The van der Waals surface area contributed by atoms with Gasteiger partial charge in [0.05, 0.1) is 32.5 Å². The minimum atomic E-state index is -0.849. The lowest BCUT2D eigenvalue weighted by Crippen LogP contribution is -2.52. The molecular formula is C23H34N4O3S. The van der Waals surface area contributed by atoms with Crippen molar-refractivity contribution in [3.63, 3.8) is 0 Å². The number of ether oxygens (including phenoxy) is 2. The second kappa shape index (κ2) is 11.5. The Kier molecular flexibility index (Phi) is 8.71. The van der Waals surface area contributed by atoms with Crippen molar-refractivity contribution < 1.29 is 14.6 Å². The second-order valence-electron chi connectivity index (χ2n) is 7.96. The number of thiophene rings is 1. The van der Waals surface area contributed by atoms with E-state index in [1.54, 1.807) is 18.4 Å². The lowest BCUT2D eigenvalue weighted by molar-refractivity contribution is -0.0201. The SMILES string of the molecule is CCNC(=NCc1cc(-c2ccc(OC)cc2)cs1)NCC(C)(O)CN1CCOCC1. The van der Waals surface area contributed by atoms with Crippen LogP contribution in [-0.2, 0) is 11.3 Å². The van der Waals surface area contributed by atoms with Gasteiger partial charge in [-0.05, 0) is 48.6 Å². The molecule has 0 saturated carbocycles. The highest BCUT2D eigenvalue weighted by Gasteiger charge is 2.25. The smallest absolute Gasteiger partial charge is 0.191 e. The van der Waals surface area contributed by atoms with Crippen molar-refractivity contribution >= 4 is 17.3 Å². The lowest BCUT2D eigenvalue weighted by Gasteiger charge is -2.34. The number of guanidine groups is 1. The third-order valence-corrected chi connectivity index (χ3v) is 6.04. The normalized spacial score (nSPS) is 17.2.